The van der Waals surface area contributed by atoms with Gasteiger partial charge in [0.2, 0.25) is 5.89 Å². The predicted octanol–water partition coefficient (Wildman–Crippen LogP) is 2.62. The van der Waals surface area contributed by atoms with Crippen LogP contribution in [0.4, 0.5) is 0 Å². The summed E-state index contributed by atoms with van der Waals surface area (Å²) in [6, 6.07) is 7.13. The summed E-state index contributed by atoms with van der Waals surface area (Å²) >= 11 is 1.44. The van der Waals surface area contributed by atoms with Crippen molar-refractivity contribution < 1.29 is 13.9 Å². The van der Waals surface area contributed by atoms with Gasteiger partial charge in [-0.2, -0.15) is 0 Å². The number of nitrogens with zero attached hydrogens (tertiary/aromatic N) is 2. The van der Waals surface area contributed by atoms with Crippen LogP contribution in [0.15, 0.2) is 33.9 Å². The molecule has 19 heavy (non-hydrogen) atoms. The van der Waals surface area contributed by atoms with E-state index in [1.54, 1.807) is 18.2 Å². The van der Waals surface area contributed by atoms with Crippen molar-refractivity contribution in [1.29, 1.82) is 0 Å². The van der Waals surface area contributed by atoms with Gasteiger partial charge in [-0.05, 0) is 12.1 Å². The number of benzene rings is 1. The van der Waals surface area contributed by atoms with E-state index in [0.717, 1.165) is 12.7 Å². The van der Waals surface area contributed by atoms with E-state index in [1.165, 1.54) is 11.8 Å². The highest BCUT2D eigenvalue weighted by atomic mass is 32.2. The SMILES string of the molecule is CCc1nnc(SCCOc2ccccc2C=O)o1. The summed E-state index contributed by atoms with van der Waals surface area (Å²) in [4.78, 5) is 10.8. The molecule has 0 saturated heterocycles. The van der Waals surface area contributed by atoms with Crippen molar-refractivity contribution >= 4 is 18.0 Å². The number of aryl methyl sites for hydroxylation is 1. The van der Waals surface area contributed by atoms with Gasteiger partial charge in [-0.25, -0.2) is 0 Å². The summed E-state index contributed by atoms with van der Waals surface area (Å²) in [5, 5.41) is 8.32. The Labute approximate surface area is 115 Å². The average molecular weight is 278 g/mol. The first kappa shape index (κ1) is 13.6. The molecule has 0 radical (unpaired) electrons. The van der Waals surface area contributed by atoms with E-state index in [0.29, 0.717) is 34.8 Å². The van der Waals surface area contributed by atoms with Gasteiger partial charge in [-0.1, -0.05) is 30.8 Å². The summed E-state index contributed by atoms with van der Waals surface area (Å²) in [7, 11) is 0. The molecule has 0 unspecified atom stereocenters. The quantitative estimate of drug-likeness (QED) is 0.440. The molecule has 0 bridgehead atoms. The molecule has 5 nitrogen and oxygen atoms in total. The maximum atomic E-state index is 10.8. The number of hydrogen-bond donors (Lipinski definition) is 0. The van der Waals surface area contributed by atoms with Gasteiger partial charge < -0.3 is 9.15 Å². The van der Waals surface area contributed by atoms with E-state index in [9.17, 15) is 4.79 Å². The molecule has 2 aromatic rings. The number of rotatable bonds is 7. The molecule has 0 saturated carbocycles. The van der Waals surface area contributed by atoms with Crippen LogP contribution in [-0.4, -0.2) is 28.8 Å². The van der Waals surface area contributed by atoms with Crippen LogP contribution in [-0.2, 0) is 6.42 Å². The Balaban J connectivity index is 1.79. The highest BCUT2D eigenvalue weighted by Crippen LogP contribution is 2.18. The summed E-state index contributed by atoms with van der Waals surface area (Å²) in [6.45, 7) is 2.43. The number of thioether (sulfide) groups is 1. The minimum absolute atomic E-state index is 0.472. The van der Waals surface area contributed by atoms with Gasteiger partial charge in [0, 0.05) is 12.2 Å². The minimum Gasteiger partial charge on any atom is -0.492 e. The second-order valence-electron chi connectivity index (χ2n) is 3.67. The molecular weight excluding hydrogens is 264 g/mol. The van der Waals surface area contributed by atoms with Crippen LogP contribution in [0.1, 0.15) is 23.2 Å². The zero-order chi connectivity index (χ0) is 13.5. The van der Waals surface area contributed by atoms with Crippen LogP contribution < -0.4 is 4.74 Å². The van der Waals surface area contributed by atoms with Crippen LogP contribution in [0.2, 0.25) is 0 Å². The zero-order valence-corrected chi connectivity index (χ0v) is 11.4. The molecule has 0 fully saturated rings. The second-order valence-corrected chi connectivity index (χ2v) is 4.71. The van der Waals surface area contributed by atoms with Crippen molar-refractivity contribution in [2.45, 2.75) is 18.6 Å². The number of aldehydes is 1. The molecule has 1 aromatic heterocycles. The lowest BCUT2D eigenvalue weighted by Crippen LogP contribution is -2.02. The van der Waals surface area contributed by atoms with Crippen LogP contribution in [0, 0.1) is 0 Å². The standard InChI is InChI=1S/C13H14N2O3S/c1-2-12-14-15-13(18-12)19-8-7-17-11-6-4-3-5-10(11)9-16/h3-6,9H,2,7-8H2,1H3. The Morgan fingerprint density at radius 3 is 2.95 bits per heavy atom. The molecule has 0 aliphatic heterocycles. The molecule has 0 aliphatic rings. The molecule has 2 rings (SSSR count). The van der Waals surface area contributed by atoms with E-state index < -0.39 is 0 Å². The maximum Gasteiger partial charge on any atom is 0.276 e. The maximum absolute atomic E-state index is 10.8. The molecule has 0 spiro atoms. The summed E-state index contributed by atoms with van der Waals surface area (Å²) in [5.74, 6) is 1.91. The number of hydrogen-bond acceptors (Lipinski definition) is 6. The average Bonchev–Trinajstić information content (AvgIpc) is 2.92. The zero-order valence-electron chi connectivity index (χ0n) is 10.5. The molecule has 1 aromatic carbocycles. The van der Waals surface area contributed by atoms with Crippen molar-refractivity contribution in [2.75, 3.05) is 12.4 Å². The molecule has 100 valence electrons. The summed E-state index contributed by atoms with van der Waals surface area (Å²) < 4.78 is 10.9. The highest BCUT2D eigenvalue weighted by molar-refractivity contribution is 7.99. The predicted molar refractivity (Wildman–Crippen MR) is 71.7 cm³/mol. The van der Waals surface area contributed by atoms with Crippen molar-refractivity contribution in [2.24, 2.45) is 0 Å². The lowest BCUT2D eigenvalue weighted by Gasteiger charge is -2.06. The Bertz CT molecular complexity index is 542. The number of carbonyl (C=O) groups is 1. The van der Waals surface area contributed by atoms with E-state index in [-0.39, 0.29) is 0 Å². The number of carbonyl (C=O) groups excluding carboxylic acids is 1. The van der Waals surface area contributed by atoms with Gasteiger partial charge in [0.15, 0.2) is 6.29 Å². The first-order valence-corrected chi connectivity index (χ1v) is 6.94. The monoisotopic (exact) mass is 278 g/mol. The topological polar surface area (TPSA) is 65.2 Å². The third-order valence-corrected chi connectivity index (χ3v) is 3.15. The Morgan fingerprint density at radius 1 is 1.37 bits per heavy atom. The fourth-order valence-electron chi connectivity index (χ4n) is 1.43. The van der Waals surface area contributed by atoms with Gasteiger partial charge in [0.05, 0.1) is 12.2 Å². The van der Waals surface area contributed by atoms with Crippen LogP contribution in [0.5, 0.6) is 5.75 Å². The molecule has 1 heterocycles. The Kier molecular flexibility index (Phi) is 4.97. The summed E-state index contributed by atoms with van der Waals surface area (Å²) in [6.07, 6.45) is 1.52. The fourth-order valence-corrected chi connectivity index (χ4v) is 2.02. The minimum atomic E-state index is 0.472. The molecular formula is C13H14N2O3S. The fraction of sp³-hybridized carbons (Fsp3) is 0.308. The van der Waals surface area contributed by atoms with Gasteiger partial charge >= 0.3 is 0 Å². The van der Waals surface area contributed by atoms with Crippen molar-refractivity contribution in [3.8, 4) is 5.75 Å². The van der Waals surface area contributed by atoms with Crippen molar-refractivity contribution in [3.63, 3.8) is 0 Å². The second kappa shape index (κ2) is 6.94. The molecule has 0 N–H and O–H groups in total. The third kappa shape index (κ3) is 3.82. The van der Waals surface area contributed by atoms with Gasteiger partial charge in [-0.3, -0.25) is 4.79 Å². The first-order valence-electron chi connectivity index (χ1n) is 5.95. The third-order valence-electron chi connectivity index (χ3n) is 2.36. The van der Waals surface area contributed by atoms with E-state index in [1.807, 2.05) is 13.0 Å². The lowest BCUT2D eigenvalue weighted by atomic mass is 10.2. The smallest absolute Gasteiger partial charge is 0.276 e. The van der Waals surface area contributed by atoms with Crippen LogP contribution in [0.3, 0.4) is 0 Å². The molecule has 0 atom stereocenters. The Morgan fingerprint density at radius 2 is 2.21 bits per heavy atom. The first-order chi connectivity index (χ1) is 9.33. The number of para-hydroxylation sites is 1. The molecule has 6 heteroatoms. The largest absolute Gasteiger partial charge is 0.492 e. The normalized spacial score (nSPS) is 10.4. The summed E-state index contributed by atoms with van der Waals surface area (Å²) in [5.41, 5.74) is 0.554. The van der Waals surface area contributed by atoms with Crippen LogP contribution >= 0.6 is 11.8 Å². The molecule has 0 aliphatic carbocycles. The molecule has 0 amide bonds. The number of ether oxygens (including phenoxy) is 1. The lowest BCUT2D eigenvalue weighted by molar-refractivity contribution is 0.112. The highest BCUT2D eigenvalue weighted by Gasteiger charge is 2.05. The van der Waals surface area contributed by atoms with E-state index in [4.69, 9.17) is 9.15 Å². The number of aromatic nitrogens is 2. The van der Waals surface area contributed by atoms with Gasteiger partial charge in [-0.15, -0.1) is 10.2 Å². The van der Waals surface area contributed by atoms with Crippen LogP contribution in [0.25, 0.3) is 0 Å². The van der Waals surface area contributed by atoms with E-state index >= 15 is 0 Å². The van der Waals surface area contributed by atoms with Crippen molar-refractivity contribution in [3.05, 3.63) is 35.7 Å². The van der Waals surface area contributed by atoms with E-state index in [2.05, 4.69) is 10.2 Å². The van der Waals surface area contributed by atoms with Gasteiger partial charge in [0.1, 0.15) is 5.75 Å². The van der Waals surface area contributed by atoms with Crippen molar-refractivity contribution in [1.82, 2.24) is 10.2 Å². The van der Waals surface area contributed by atoms with Gasteiger partial charge in [0.25, 0.3) is 5.22 Å². The Hall–Kier alpha value is -1.82.